The van der Waals surface area contributed by atoms with Crippen LogP contribution in [0.1, 0.15) is 15.9 Å². The number of nitrogens with zero attached hydrogens (tertiary/aromatic N) is 1. The van der Waals surface area contributed by atoms with E-state index in [0.29, 0.717) is 0 Å². The van der Waals surface area contributed by atoms with Gasteiger partial charge >= 0.3 is 0 Å². The summed E-state index contributed by atoms with van der Waals surface area (Å²) in [5, 5.41) is 19.1. The zero-order chi connectivity index (χ0) is 10.7. The van der Waals surface area contributed by atoms with Crippen molar-refractivity contribution in [3.05, 3.63) is 52.6 Å². The van der Waals surface area contributed by atoms with Crippen LogP contribution in [0.5, 0.6) is 0 Å². The molecule has 0 unspecified atom stereocenters. The summed E-state index contributed by atoms with van der Waals surface area (Å²) in [6.45, 7) is -0.419. The molecule has 0 saturated heterocycles. The van der Waals surface area contributed by atoms with Crippen molar-refractivity contribution in [3.8, 4) is 0 Å². The molecule has 0 fully saturated rings. The summed E-state index contributed by atoms with van der Waals surface area (Å²) in [5.74, 6) is -1.04. The van der Waals surface area contributed by atoms with Gasteiger partial charge in [0.2, 0.25) is 0 Å². The predicted molar refractivity (Wildman–Crippen MR) is 54.1 cm³/mol. The average Bonchev–Trinajstić information content (AvgIpc) is 2.16. The van der Waals surface area contributed by atoms with E-state index in [4.69, 9.17) is 10.8 Å². The minimum Gasteiger partial charge on any atom is -0.664 e. The maximum Gasteiger partial charge on any atom is 0.270 e. The standard InChI is InChI=1S/C8H8N2O4.CH3.Y/c9-8(12)7-3-6(10(13)14)2-1-5(7)4-11;;/h1-3,11H,4H2,(H2,9,12);1H3;/q;-1;/p-1. The van der Waals surface area contributed by atoms with E-state index in [2.05, 4.69) is 0 Å². The second kappa shape index (κ2) is 7.43. The first-order valence-electron chi connectivity index (χ1n) is 3.70. The number of nitro benzene ring substituents is 1. The van der Waals surface area contributed by atoms with Crippen LogP contribution in [0.2, 0.25) is 0 Å². The third-order valence-electron chi connectivity index (χ3n) is 1.72. The summed E-state index contributed by atoms with van der Waals surface area (Å²) in [7, 11) is 0. The Hall–Kier alpha value is -0.846. The Morgan fingerprint density at radius 3 is 2.44 bits per heavy atom. The van der Waals surface area contributed by atoms with Crippen molar-refractivity contribution in [2.45, 2.75) is 6.61 Å². The normalized spacial score (nSPS) is 8.56. The molecule has 2 N–H and O–H groups in total. The number of amides is 1. The number of non-ortho nitro benzene ring substituents is 1. The fourth-order valence-corrected chi connectivity index (χ4v) is 1.03. The molecule has 1 amide bonds. The van der Waals surface area contributed by atoms with E-state index in [1.165, 1.54) is 12.1 Å². The summed E-state index contributed by atoms with van der Waals surface area (Å²) in [5.41, 5.74) is 6.64. The predicted octanol–water partition coefficient (Wildman–Crippen LogP) is 1.73. The van der Waals surface area contributed by atoms with Crippen molar-refractivity contribution in [3.63, 3.8) is 0 Å². The molecule has 0 aromatic heterocycles. The third-order valence-corrected chi connectivity index (χ3v) is 1.72. The molecule has 0 atom stereocenters. The van der Waals surface area contributed by atoms with Crippen molar-refractivity contribution in [2.75, 3.05) is 0 Å². The number of nitro groups is 1. The van der Waals surface area contributed by atoms with Gasteiger partial charge in [-0.3, -0.25) is 10.1 Å². The molecule has 7 heteroatoms. The van der Waals surface area contributed by atoms with Gasteiger partial charge in [0, 0.05) is 50.4 Å². The van der Waals surface area contributed by atoms with E-state index in [9.17, 15) is 14.9 Å². The molecule has 1 rings (SSSR count). The minimum atomic E-state index is -1.04. The van der Waals surface area contributed by atoms with Gasteiger partial charge in [-0.15, -0.1) is 0 Å². The summed E-state index contributed by atoms with van der Waals surface area (Å²) in [6.07, 6.45) is 0. The molecule has 1 radical (unpaired) electrons. The topological polar surface area (TPSA) is 104 Å². The van der Waals surface area contributed by atoms with Crippen molar-refractivity contribution in [2.24, 2.45) is 0 Å². The molecule has 0 aliphatic rings. The van der Waals surface area contributed by atoms with Crippen LogP contribution in [0.25, 0.3) is 5.73 Å². The van der Waals surface area contributed by atoms with Gasteiger partial charge in [0.15, 0.2) is 0 Å². The van der Waals surface area contributed by atoms with Crippen molar-refractivity contribution >= 4 is 11.6 Å². The first-order chi connectivity index (χ1) is 6.56. The maximum atomic E-state index is 10.7. The number of aliphatic hydroxyl groups is 1. The number of carbonyl (C=O) groups excluding carboxylic acids is 1. The summed E-state index contributed by atoms with van der Waals surface area (Å²) in [6, 6.07) is 3.43. The largest absolute Gasteiger partial charge is 0.664 e. The number of rotatable bonds is 3. The second-order valence-corrected chi connectivity index (χ2v) is 2.59. The van der Waals surface area contributed by atoms with Crippen LogP contribution in [-0.2, 0) is 39.3 Å². The summed E-state index contributed by atoms with van der Waals surface area (Å²) >= 11 is 0. The Labute approximate surface area is 118 Å². The van der Waals surface area contributed by atoms with E-state index >= 15 is 0 Å². The van der Waals surface area contributed by atoms with E-state index in [-0.39, 0.29) is 57.0 Å². The Balaban J connectivity index is 0. The van der Waals surface area contributed by atoms with Crippen molar-refractivity contribution < 1.29 is 47.5 Å². The quantitative estimate of drug-likeness (QED) is 0.521. The van der Waals surface area contributed by atoms with Gasteiger partial charge in [-0.25, -0.2) is 0 Å². The SMILES string of the molecule is [CH3-].[NH-]C(=O)c1cc([N+](=O)[O-])ccc1CO.[Y]. The monoisotopic (exact) mass is 299 g/mol. The van der Waals surface area contributed by atoms with Crippen LogP contribution in [0.15, 0.2) is 18.2 Å². The second-order valence-electron chi connectivity index (χ2n) is 2.59. The molecule has 0 aliphatic carbocycles. The molecule has 0 heterocycles. The zero-order valence-corrected chi connectivity index (χ0v) is 11.5. The van der Waals surface area contributed by atoms with Crippen LogP contribution in [-0.4, -0.2) is 15.9 Å². The number of carbonyl (C=O) groups is 1. The van der Waals surface area contributed by atoms with E-state index in [1.54, 1.807) is 0 Å². The molecular formula is C9H10N2O4Y-2. The summed E-state index contributed by atoms with van der Waals surface area (Å²) < 4.78 is 0. The van der Waals surface area contributed by atoms with Crippen LogP contribution in [0.4, 0.5) is 5.69 Å². The van der Waals surface area contributed by atoms with Gasteiger partial charge in [0.1, 0.15) is 0 Å². The van der Waals surface area contributed by atoms with E-state index in [1.807, 2.05) is 0 Å². The Morgan fingerprint density at radius 2 is 2.06 bits per heavy atom. The molecule has 0 spiro atoms. The van der Waals surface area contributed by atoms with Gasteiger partial charge in [0.25, 0.3) is 5.69 Å². The zero-order valence-electron chi connectivity index (χ0n) is 8.64. The van der Waals surface area contributed by atoms with Crippen molar-refractivity contribution in [1.82, 2.24) is 0 Å². The smallest absolute Gasteiger partial charge is 0.270 e. The number of aliphatic hydroxyl groups excluding tert-OH is 1. The Bertz CT molecular complexity index is 395. The Kier molecular flexibility index (Phi) is 8.15. The first-order valence-corrected chi connectivity index (χ1v) is 3.70. The fraction of sp³-hybridized carbons (Fsp3) is 0.111. The molecule has 1 aromatic rings. The van der Waals surface area contributed by atoms with Gasteiger partial charge in [0.05, 0.1) is 17.4 Å². The molecule has 1 aromatic carbocycles. The van der Waals surface area contributed by atoms with Crippen LogP contribution < -0.4 is 0 Å². The molecule has 16 heavy (non-hydrogen) atoms. The van der Waals surface area contributed by atoms with Gasteiger partial charge in [-0.2, -0.15) is 0 Å². The van der Waals surface area contributed by atoms with Gasteiger partial charge in [-0.05, 0) is 11.6 Å². The number of benzene rings is 1. The van der Waals surface area contributed by atoms with E-state index in [0.717, 1.165) is 6.07 Å². The molecule has 85 valence electrons. The summed E-state index contributed by atoms with van der Waals surface area (Å²) in [4.78, 5) is 20.4. The maximum absolute atomic E-state index is 10.7. The van der Waals surface area contributed by atoms with Gasteiger partial charge < -0.3 is 23.1 Å². The minimum absolute atomic E-state index is 0. The first kappa shape index (κ1) is 17.5. The Morgan fingerprint density at radius 1 is 1.50 bits per heavy atom. The van der Waals surface area contributed by atoms with Crippen LogP contribution in [0, 0.1) is 17.5 Å². The number of nitrogens with one attached hydrogen (secondary N) is 1. The van der Waals surface area contributed by atoms with Gasteiger partial charge in [-0.1, -0.05) is 0 Å². The molecule has 0 saturated carbocycles. The van der Waals surface area contributed by atoms with E-state index < -0.39 is 17.4 Å². The van der Waals surface area contributed by atoms with Crippen LogP contribution in [0.3, 0.4) is 0 Å². The van der Waals surface area contributed by atoms with Crippen LogP contribution >= 0.6 is 0 Å². The molecular weight excluding hydrogens is 289 g/mol. The third kappa shape index (κ3) is 3.96. The fourth-order valence-electron chi connectivity index (χ4n) is 1.03. The van der Waals surface area contributed by atoms with Crippen molar-refractivity contribution in [1.29, 1.82) is 0 Å². The molecule has 0 aliphatic heterocycles. The molecule has 6 nitrogen and oxygen atoms in total. The number of hydrogen-bond acceptors (Lipinski definition) is 4. The number of hydrogen-bond donors (Lipinski definition) is 1. The average molecular weight is 299 g/mol. The molecule has 0 bridgehead atoms.